The Hall–Kier alpha value is -2.44. The first-order valence-corrected chi connectivity index (χ1v) is 9.72. The molecule has 2 heterocycles. The molecule has 1 aliphatic heterocycles. The number of aromatic nitrogens is 2. The van der Waals surface area contributed by atoms with Crippen molar-refractivity contribution in [2.24, 2.45) is 0 Å². The van der Waals surface area contributed by atoms with Gasteiger partial charge in [-0.05, 0) is 49.9 Å². The van der Waals surface area contributed by atoms with Crippen molar-refractivity contribution in [3.8, 4) is 0 Å². The lowest BCUT2D eigenvalue weighted by atomic mass is 10.0. The summed E-state index contributed by atoms with van der Waals surface area (Å²) >= 11 is 0. The highest BCUT2D eigenvalue weighted by Crippen LogP contribution is 2.29. The minimum absolute atomic E-state index is 0.187. The van der Waals surface area contributed by atoms with E-state index in [1.807, 2.05) is 12.1 Å². The van der Waals surface area contributed by atoms with Gasteiger partial charge in [-0.3, -0.25) is 0 Å². The van der Waals surface area contributed by atoms with Crippen molar-refractivity contribution < 1.29 is 10.2 Å². The quantitative estimate of drug-likeness (QED) is 0.628. The number of anilines is 1. The van der Waals surface area contributed by atoms with E-state index in [0.717, 1.165) is 55.5 Å². The highest BCUT2D eigenvalue weighted by atomic mass is 16.3. The normalized spacial score (nSPS) is 19.8. The second-order valence-corrected chi connectivity index (χ2v) is 7.21. The lowest BCUT2D eigenvalue weighted by Crippen LogP contribution is -2.23. The molecule has 27 heavy (non-hydrogen) atoms. The Balaban J connectivity index is 1.78. The van der Waals surface area contributed by atoms with E-state index in [1.54, 1.807) is 0 Å². The summed E-state index contributed by atoms with van der Waals surface area (Å²) < 4.78 is 0. The molecule has 6 nitrogen and oxygen atoms in total. The monoisotopic (exact) mass is 366 g/mol. The van der Waals surface area contributed by atoms with Crippen LogP contribution in [0.1, 0.15) is 37.1 Å². The molecular weight excluding hydrogens is 340 g/mol. The predicted molar refractivity (Wildman–Crippen MR) is 108 cm³/mol. The number of benzene rings is 1. The second-order valence-electron chi connectivity index (χ2n) is 7.21. The fourth-order valence-electron chi connectivity index (χ4n) is 3.67. The van der Waals surface area contributed by atoms with E-state index in [2.05, 4.69) is 28.8 Å². The first kappa shape index (κ1) is 17.9. The molecule has 1 aliphatic carbocycles. The number of aryl methyl sites for hydroxylation is 1. The Kier molecular flexibility index (Phi) is 5.36. The third-order valence-electron chi connectivity index (χ3n) is 5.17. The van der Waals surface area contributed by atoms with Gasteiger partial charge < -0.3 is 20.8 Å². The lowest BCUT2D eigenvalue weighted by Gasteiger charge is -2.17. The van der Waals surface area contributed by atoms with Crippen LogP contribution in [-0.4, -0.2) is 45.9 Å². The molecule has 1 aromatic carbocycles. The van der Waals surface area contributed by atoms with Crippen LogP contribution in [0.4, 0.5) is 5.82 Å². The lowest BCUT2D eigenvalue weighted by molar-refractivity contribution is 0.288. The maximum Gasteiger partial charge on any atom is 0.165 e. The van der Waals surface area contributed by atoms with Gasteiger partial charge in [-0.2, -0.15) is 0 Å². The summed E-state index contributed by atoms with van der Waals surface area (Å²) in [5.74, 6) is 1.73. The van der Waals surface area contributed by atoms with Crippen LogP contribution >= 0.6 is 0 Å². The van der Waals surface area contributed by atoms with Crippen LogP contribution in [0.3, 0.4) is 0 Å². The van der Waals surface area contributed by atoms with Crippen LogP contribution in [0.15, 0.2) is 36.1 Å². The van der Waals surface area contributed by atoms with Gasteiger partial charge in [-0.15, -0.1) is 0 Å². The van der Waals surface area contributed by atoms with Crippen LogP contribution in [0.2, 0.25) is 0 Å². The molecule has 4 rings (SSSR count). The van der Waals surface area contributed by atoms with E-state index in [0.29, 0.717) is 29.6 Å². The number of hydrogen-bond acceptors (Lipinski definition) is 6. The van der Waals surface area contributed by atoms with Crippen LogP contribution in [0.5, 0.6) is 0 Å². The number of nitrogens with one attached hydrogen (secondary N) is 2. The van der Waals surface area contributed by atoms with Crippen LogP contribution in [0, 0.1) is 0 Å². The summed E-state index contributed by atoms with van der Waals surface area (Å²) in [6.07, 6.45) is 8.06. The Morgan fingerprint density at radius 2 is 2.19 bits per heavy atom. The third kappa shape index (κ3) is 3.96. The Morgan fingerprint density at radius 3 is 2.96 bits per heavy atom. The molecule has 1 aromatic heterocycles. The van der Waals surface area contributed by atoms with Crippen molar-refractivity contribution in [3.05, 3.63) is 47.5 Å². The van der Waals surface area contributed by atoms with Crippen molar-refractivity contribution in [1.29, 1.82) is 0 Å². The largest absolute Gasteiger partial charge is 0.512 e. The summed E-state index contributed by atoms with van der Waals surface area (Å²) in [4.78, 5) is 9.51. The number of aliphatic hydroxyl groups is 2. The molecule has 0 unspecified atom stereocenters. The number of nitrogens with zero attached hydrogens (tertiary/aromatic N) is 2. The van der Waals surface area contributed by atoms with Crippen molar-refractivity contribution >= 4 is 22.3 Å². The van der Waals surface area contributed by atoms with Gasteiger partial charge in [0.25, 0.3) is 0 Å². The van der Waals surface area contributed by atoms with Gasteiger partial charge in [0.15, 0.2) is 5.82 Å². The molecule has 142 valence electrons. The number of rotatable bonds is 6. The fraction of sp³-hybridized carbons (Fsp3) is 0.429. The Labute approximate surface area is 159 Å². The van der Waals surface area contributed by atoms with E-state index >= 15 is 0 Å². The smallest absolute Gasteiger partial charge is 0.165 e. The molecule has 1 atom stereocenters. The molecule has 0 spiro atoms. The van der Waals surface area contributed by atoms with Crippen molar-refractivity contribution in [3.63, 3.8) is 0 Å². The third-order valence-corrected chi connectivity index (χ3v) is 5.17. The minimum atomic E-state index is 0.187. The number of allylic oxidation sites excluding steroid dienone is 4. The number of fused-ring (bicyclic) bond motifs is 1. The van der Waals surface area contributed by atoms with Crippen LogP contribution < -0.4 is 10.6 Å². The van der Waals surface area contributed by atoms with Gasteiger partial charge >= 0.3 is 0 Å². The summed E-state index contributed by atoms with van der Waals surface area (Å²) in [6.45, 7) is 2.11. The van der Waals surface area contributed by atoms with Crippen molar-refractivity contribution in [2.75, 3.05) is 25.0 Å². The van der Waals surface area contributed by atoms with Gasteiger partial charge in [0.05, 0.1) is 11.1 Å². The molecule has 6 heteroatoms. The minimum Gasteiger partial charge on any atom is -0.512 e. The SMILES string of the molecule is OCCCc1ccc2nc(C3=C(O)CCC=C3)nc(N[C@H]3CCNC3)c2c1. The van der Waals surface area contributed by atoms with Crippen LogP contribution in [-0.2, 0) is 6.42 Å². The van der Waals surface area contributed by atoms with Gasteiger partial charge in [-0.1, -0.05) is 18.2 Å². The summed E-state index contributed by atoms with van der Waals surface area (Å²) in [5, 5.41) is 27.3. The average Bonchev–Trinajstić information content (AvgIpc) is 3.20. The number of aliphatic hydroxyl groups excluding tert-OH is 2. The van der Waals surface area contributed by atoms with E-state index in [-0.39, 0.29) is 6.61 Å². The summed E-state index contributed by atoms with van der Waals surface area (Å²) in [5.41, 5.74) is 2.74. The summed E-state index contributed by atoms with van der Waals surface area (Å²) in [7, 11) is 0. The highest BCUT2D eigenvalue weighted by Gasteiger charge is 2.19. The molecule has 0 amide bonds. The van der Waals surface area contributed by atoms with E-state index in [9.17, 15) is 5.11 Å². The first-order chi connectivity index (χ1) is 13.2. The maximum absolute atomic E-state index is 10.3. The molecule has 0 bridgehead atoms. The molecule has 2 aliphatic rings. The average molecular weight is 366 g/mol. The summed E-state index contributed by atoms with van der Waals surface area (Å²) in [6, 6.07) is 6.52. The highest BCUT2D eigenvalue weighted by molar-refractivity contribution is 5.91. The van der Waals surface area contributed by atoms with E-state index < -0.39 is 0 Å². The predicted octanol–water partition coefficient (Wildman–Crippen LogP) is 2.95. The van der Waals surface area contributed by atoms with Gasteiger partial charge in [0.2, 0.25) is 0 Å². The maximum atomic E-state index is 10.3. The molecule has 0 saturated carbocycles. The van der Waals surface area contributed by atoms with Crippen molar-refractivity contribution in [2.45, 2.75) is 38.1 Å². The first-order valence-electron chi connectivity index (χ1n) is 9.72. The molecule has 2 aromatic rings. The Morgan fingerprint density at radius 1 is 1.26 bits per heavy atom. The van der Waals surface area contributed by atoms with Gasteiger partial charge in [0, 0.05) is 31.0 Å². The topological polar surface area (TPSA) is 90.3 Å². The zero-order valence-corrected chi connectivity index (χ0v) is 15.4. The molecule has 4 N–H and O–H groups in total. The molecule has 1 fully saturated rings. The van der Waals surface area contributed by atoms with Gasteiger partial charge in [-0.25, -0.2) is 9.97 Å². The standard InChI is InChI=1S/C21H26N4O2/c26-11-3-4-14-7-8-18-17(12-14)21(23-15-9-10-22-13-15)25-20(24-18)16-5-1-2-6-19(16)27/h1,5,7-8,12,15,22,26-27H,2-4,6,9-11,13H2,(H,23,24,25)/t15-/m0/s1. The zero-order valence-electron chi connectivity index (χ0n) is 15.4. The fourth-order valence-corrected chi connectivity index (χ4v) is 3.67. The second kappa shape index (κ2) is 8.06. The van der Waals surface area contributed by atoms with E-state index in [4.69, 9.17) is 15.1 Å². The van der Waals surface area contributed by atoms with E-state index in [1.165, 1.54) is 5.56 Å². The molecular formula is C21H26N4O2. The molecule has 1 saturated heterocycles. The van der Waals surface area contributed by atoms with Gasteiger partial charge in [0.1, 0.15) is 11.6 Å². The zero-order chi connectivity index (χ0) is 18.6. The van der Waals surface area contributed by atoms with Crippen LogP contribution in [0.25, 0.3) is 16.5 Å². The van der Waals surface area contributed by atoms with Crippen molar-refractivity contribution in [1.82, 2.24) is 15.3 Å². The number of hydrogen-bond donors (Lipinski definition) is 4. The Bertz CT molecular complexity index is 885. The molecule has 0 radical (unpaired) electrons.